The van der Waals surface area contributed by atoms with Crippen molar-refractivity contribution in [3.63, 3.8) is 0 Å². The quantitative estimate of drug-likeness (QED) is 0.626. The summed E-state index contributed by atoms with van der Waals surface area (Å²) in [6.45, 7) is 5.17. The van der Waals surface area contributed by atoms with E-state index >= 15 is 0 Å². The number of aromatic nitrogens is 3. The molecule has 0 spiro atoms. The largest absolute Gasteiger partial charge is 0.491 e. The molecule has 1 saturated heterocycles. The third-order valence-corrected chi connectivity index (χ3v) is 6.69. The molecule has 4 heterocycles. The van der Waals surface area contributed by atoms with Gasteiger partial charge in [-0.25, -0.2) is 9.78 Å². The molecule has 1 aliphatic carbocycles. The van der Waals surface area contributed by atoms with Gasteiger partial charge in [0.25, 0.3) is 0 Å². The summed E-state index contributed by atoms with van der Waals surface area (Å²) in [5.41, 5.74) is 3.88. The van der Waals surface area contributed by atoms with Crippen molar-refractivity contribution in [3.05, 3.63) is 36.2 Å². The molecular weight excluding hydrogens is 418 g/mol. The lowest BCUT2D eigenvalue weighted by molar-refractivity contribution is 0.257. The Kier molecular flexibility index (Phi) is 5.05. The highest BCUT2D eigenvalue weighted by atomic mass is 16.5. The van der Waals surface area contributed by atoms with E-state index in [0.717, 1.165) is 54.9 Å². The lowest BCUT2D eigenvalue weighted by Crippen LogP contribution is -2.43. The van der Waals surface area contributed by atoms with E-state index in [2.05, 4.69) is 31.7 Å². The van der Waals surface area contributed by atoms with Gasteiger partial charge in [0, 0.05) is 74.9 Å². The summed E-state index contributed by atoms with van der Waals surface area (Å²) in [4.78, 5) is 22.1. The van der Waals surface area contributed by atoms with Gasteiger partial charge in [0.05, 0.1) is 17.8 Å². The number of nitrogens with zero attached hydrogens (tertiary/aromatic N) is 5. The van der Waals surface area contributed by atoms with Crippen LogP contribution in [0.5, 0.6) is 5.75 Å². The minimum atomic E-state index is -0.182. The number of piperazine rings is 1. The predicted octanol–water partition coefficient (Wildman–Crippen LogP) is 2.76. The van der Waals surface area contributed by atoms with E-state index in [-0.39, 0.29) is 6.03 Å². The summed E-state index contributed by atoms with van der Waals surface area (Å²) < 4.78 is 7.88. The number of ether oxygens (including phenoxy) is 1. The van der Waals surface area contributed by atoms with Crippen LogP contribution >= 0.6 is 0 Å². The Labute approximate surface area is 192 Å². The number of nitrogens with one attached hydrogen (secondary N) is 2. The molecule has 0 radical (unpaired) electrons. The Morgan fingerprint density at radius 2 is 2.09 bits per heavy atom. The molecule has 3 aromatic rings. The third kappa shape index (κ3) is 3.97. The lowest BCUT2D eigenvalue weighted by Gasteiger charge is -2.31. The van der Waals surface area contributed by atoms with Gasteiger partial charge in [0.2, 0.25) is 0 Å². The van der Waals surface area contributed by atoms with Crippen molar-refractivity contribution < 1.29 is 9.53 Å². The summed E-state index contributed by atoms with van der Waals surface area (Å²) in [5, 5.41) is 12.0. The summed E-state index contributed by atoms with van der Waals surface area (Å²) >= 11 is 0. The Morgan fingerprint density at radius 1 is 1.24 bits per heavy atom. The van der Waals surface area contributed by atoms with Crippen molar-refractivity contribution in [1.82, 2.24) is 20.1 Å². The van der Waals surface area contributed by atoms with Gasteiger partial charge in [-0.1, -0.05) is 0 Å². The van der Waals surface area contributed by atoms with Crippen molar-refractivity contribution in [1.29, 1.82) is 0 Å². The molecule has 3 aliphatic rings. The first kappa shape index (κ1) is 20.3. The van der Waals surface area contributed by atoms with Crippen LogP contribution in [0.3, 0.4) is 0 Å². The third-order valence-electron chi connectivity index (χ3n) is 6.69. The van der Waals surface area contributed by atoms with E-state index in [1.54, 1.807) is 9.58 Å². The topological polar surface area (TPSA) is 87.6 Å². The van der Waals surface area contributed by atoms with Crippen LogP contribution in [0.1, 0.15) is 18.4 Å². The molecule has 2 aromatic heterocycles. The van der Waals surface area contributed by atoms with E-state index in [4.69, 9.17) is 4.74 Å². The number of fused-ring (bicyclic) bond motifs is 2. The Balaban J connectivity index is 1.26. The number of hydrogen-bond donors (Lipinski definition) is 2. The summed E-state index contributed by atoms with van der Waals surface area (Å²) in [7, 11) is 1.89. The fourth-order valence-electron chi connectivity index (χ4n) is 4.74. The molecule has 2 fully saturated rings. The number of hydrogen-bond acceptors (Lipinski definition) is 6. The van der Waals surface area contributed by atoms with E-state index in [1.165, 1.54) is 18.5 Å². The van der Waals surface area contributed by atoms with Crippen LogP contribution in [0.4, 0.5) is 22.0 Å². The van der Waals surface area contributed by atoms with Crippen molar-refractivity contribution in [2.45, 2.75) is 19.3 Å². The summed E-state index contributed by atoms with van der Waals surface area (Å²) in [6, 6.07) is 5.76. The Morgan fingerprint density at radius 3 is 2.91 bits per heavy atom. The van der Waals surface area contributed by atoms with Gasteiger partial charge in [-0.3, -0.25) is 9.58 Å². The zero-order chi connectivity index (χ0) is 22.4. The zero-order valence-electron chi connectivity index (χ0n) is 18.9. The number of amides is 2. The molecule has 172 valence electrons. The van der Waals surface area contributed by atoms with Crippen LogP contribution in [0.2, 0.25) is 0 Å². The molecule has 33 heavy (non-hydrogen) atoms. The van der Waals surface area contributed by atoms with Gasteiger partial charge < -0.3 is 20.3 Å². The molecule has 0 atom stereocenters. The molecule has 6 rings (SSSR count). The first-order valence-electron chi connectivity index (χ1n) is 11.8. The van der Waals surface area contributed by atoms with E-state index < -0.39 is 0 Å². The van der Waals surface area contributed by atoms with Gasteiger partial charge in [-0.15, -0.1) is 0 Å². The van der Waals surface area contributed by atoms with Crippen molar-refractivity contribution in [2.24, 2.45) is 13.0 Å². The average molecular weight is 448 g/mol. The number of anilines is 3. The van der Waals surface area contributed by atoms with E-state index in [9.17, 15) is 4.79 Å². The maximum Gasteiger partial charge on any atom is 0.327 e. The highest BCUT2D eigenvalue weighted by molar-refractivity contribution is 6.05. The Bertz CT molecular complexity index is 1200. The average Bonchev–Trinajstić information content (AvgIpc) is 3.44. The second kappa shape index (κ2) is 8.22. The first-order chi connectivity index (χ1) is 16.2. The fourth-order valence-corrected chi connectivity index (χ4v) is 4.74. The molecule has 2 N–H and O–H groups in total. The summed E-state index contributed by atoms with van der Waals surface area (Å²) in [5.74, 6) is 2.04. The highest BCUT2D eigenvalue weighted by Crippen LogP contribution is 2.37. The zero-order valence-corrected chi connectivity index (χ0v) is 18.9. The molecule has 2 aliphatic heterocycles. The Hall–Kier alpha value is -3.33. The smallest absolute Gasteiger partial charge is 0.327 e. The van der Waals surface area contributed by atoms with Gasteiger partial charge in [0.15, 0.2) is 0 Å². The number of carbonyl (C=O) groups is 1. The van der Waals surface area contributed by atoms with Crippen LogP contribution in [0.25, 0.3) is 10.9 Å². The van der Waals surface area contributed by atoms with Gasteiger partial charge in [0.1, 0.15) is 11.6 Å². The second-order valence-electron chi connectivity index (χ2n) is 9.17. The normalized spacial score (nSPS) is 18.0. The van der Waals surface area contributed by atoms with Crippen LogP contribution in [0, 0.1) is 5.92 Å². The van der Waals surface area contributed by atoms with E-state index in [1.807, 2.05) is 31.6 Å². The summed E-state index contributed by atoms with van der Waals surface area (Å²) in [6.07, 6.45) is 6.98. The van der Waals surface area contributed by atoms with Crippen LogP contribution in [-0.2, 0) is 13.5 Å². The molecule has 9 nitrogen and oxygen atoms in total. The van der Waals surface area contributed by atoms with Crippen LogP contribution in [0.15, 0.2) is 30.6 Å². The molecule has 2 amide bonds. The van der Waals surface area contributed by atoms with Crippen molar-refractivity contribution in [3.8, 4) is 5.75 Å². The molecule has 9 heteroatoms. The predicted molar refractivity (Wildman–Crippen MR) is 128 cm³/mol. The highest BCUT2D eigenvalue weighted by Gasteiger charge is 2.30. The van der Waals surface area contributed by atoms with Gasteiger partial charge in [-0.2, -0.15) is 5.10 Å². The fraction of sp³-hybridized carbons (Fsp3) is 0.458. The van der Waals surface area contributed by atoms with Gasteiger partial charge in [-0.05, 0) is 37.3 Å². The van der Waals surface area contributed by atoms with E-state index in [0.29, 0.717) is 30.5 Å². The number of pyridine rings is 1. The first-order valence-corrected chi connectivity index (χ1v) is 11.8. The maximum absolute atomic E-state index is 13.4. The molecule has 0 unspecified atom stereocenters. The molecule has 1 saturated carbocycles. The standard InChI is InChI=1S/C24H29N7O2/c1-29-14-17-12-20(22(13-19(17)28-29)33-15-16-2-3-16)27-24(32)31-9-5-18-21(4-6-26-23(18)31)30-10-7-25-8-11-30/h4,6,12-14,16,25H,2-3,5,7-11,15H2,1H3,(H,27,32). The number of aryl methyl sites for hydroxylation is 1. The number of carbonyl (C=O) groups excluding carboxylic acids is 1. The SMILES string of the molecule is Cn1cc2cc(NC(=O)N3CCc4c(N5CCNCC5)ccnc43)c(OCC3CC3)cc2n1. The maximum atomic E-state index is 13.4. The van der Waals surface area contributed by atoms with Crippen molar-refractivity contribution >= 4 is 34.1 Å². The molecular formula is C24H29N7O2. The molecule has 0 bridgehead atoms. The molecule has 1 aromatic carbocycles. The second-order valence-corrected chi connectivity index (χ2v) is 9.17. The minimum absolute atomic E-state index is 0.182. The lowest BCUT2D eigenvalue weighted by atomic mass is 10.1. The minimum Gasteiger partial charge on any atom is -0.491 e. The number of rotatable bonds is 5. The van der Waals surface area contributed by atoms with Gasteiger partial charge >= 0.3 is 6.03 Å². The van der Waals surface area contributed by atoms with Crippen LogP contribution in [-0.4, -0.2) is 60.1 Å². The number of benzene rings is 1. The monoisotopic (exact) mass is 447 g/mol. The number of urea groups is 1. The van der Waals surface area contributed by atoms with Crippen LogP contribution < -0.4 is 25.2 Å². The van der Waals surface area contributed by atoms with Crippen molar-refractivity contribution in [2.75, 3.05) is 54.4 Å².